The SMILES string of the molecule is COc1ccc(COC(=O)N[C@@H](CC(C)C)C(=O)O)cc1. The molecule has 0 unspecified atom stereocenters. The number of carbonyl (C=O) groups is 2. The van der Waals surface area contributed by atoms with E-state index in [4.69, 9.17) is 14.6 Å². The summed E-state index contributed by atoms with van der Waals surface area (Å²) in [4.78, 5) is 22.6. The molecule has 1 amide bonds. The molecule has 2 N–H and O–H groups in total. The van der Waals surface area contributed by atoms with Crippen molar-refractivity contribution in [2.24, 2.45) is 5.92 Å². The molecule has 1 aromatic rings. The van der Waals surface area contributed by atoms with Crippen molar-refractivity contribution in [3.05, 3.63) is 29.8 Å². The Morgan fingerprint density at radius 3 is 2.33 bits per heavy atom. The normalized spacial score (nSPS) is 11.8. The molecule has 0 saturated heterocycles. The number of aliphatic carboxylic acids is 1. The van der Waals surface area contributed by atoms with Crippen LogP contribution < -0.4 is 10.1 Å². The van der Waals surface area contributed by atoms with Crippen LogP contribution in [0, 0.1) is 5.92 Å². The summed E-state index contributed by atoms with van der Waals surface area (Å²) >= 11 is 0. The predicted octanol–water partition coefficient (Wildman–Crippen LogP) is 2.42. The van der Waals surface area contributed by atoms with Crippen LogP contribution in [0.15, 0.2) is 24.3 Å². The van der Waals surface area contributed by atoms with Gasteiger partial charge in [0, 0.05) is 0 Å². The van der Waals surface area contributed by atoms with Gasteiger partial charge in [-0.25, -0.2) is 9.59 Å². The molecule has 6 nitrogen and oxygen atoms in total. The molecule has 1 aromatic carbocycles. The summed E-state index contributed by atoms with van der Waals surface area (Å²) in [5.41, 5.74) is 0.793. The molecule has 1 atom stereocenters. The Balaban J connectivity index is 2.46. The standard InChI is InChI=1S/C15H21NO5/c1-10(2)8-13(14(17)18)16-15(19)21-9-11-4-6-12(20-3)7-5-11/h4-7,10,13H,8-9H2,1-3H3,(H,16,19)(H,17,18)/t13-/m0/s1. The number of carbonyl (C=O) groups excluding carboxylic acids is 1. The summed E-state index contributed by atoms with van der Waals surface area (Å²) in [6.07, 6.45) is -0.383. The van der Waals surface area contributed by atoms with Gasteiger partial charge in [-0.2, -0.15) is 0 Å². The van der Waals surface area contributed by atoms with Crippen LogP contribution in [0.2, 0.25) is 0 Å². The fraction of sp³-hybridized carbons (Fsp3) is 0.467. The average Bonchev–Trinajstić information content (AvgIpc) is 2.44. The molecule has 21 heavy (non-hydrogen) atoms. The van der Waals surface area contributed by atoms with Gasteiger partial charge < -0.3 is 19.9 Å². The van der Waals surface area contributed by atoms with E-state index < -0.39 is 18.1 Å². The van der Waals surface area contributed by atoms with Crippen LogP contribution >= 0.6 is 0 Å². The first-order chi connectivity index (χ1) is 9.92. The third-order valence-corrected chi connectivity index (χ3v) is 2.83. The van der Waals surface area contributed by atoms with E-state index in [0.717, 1.165) is 5.56 Å². The zero-order valence-electron chi connectivity index (χ0n) is 12.5. The number of benzene rings is 1. The summed E-state index contributed by atoms with van der Waals surface area (Å²) in [7, 11) is 1.57. The van der Waals surface area contributed by atoms with Gasteiger partial charge in [-0.15, -0.1) is 0 Å². The van der Waals surface area contributed by atoms with Crippen molar-refractivity contribution in [2.45, 2.75) is 32.9 Å². The number of methoxy groups -OCH3 is 1. The Morgan fingerprint density at radius 2 is 1.86 bits per heavy atom. The Bertz CT molecular complexity index is 469. The van der Waals surface area contributed by atoms with Crippen LogP contribution in [0.5, 0.6) is 5.75 Å². The minimum atomic E-state index is -1.06. The fourth-order valence-electron chi connectivity index (χ4n) is 1.75. The largest absolute Gasteiger partial charge is 0.497 e. The highest BCUT2D eigenvalue weighted by molar-refractivity contribution is 5.79. The second-order valence-electron chi connectivity index (χ2n) is 5.09. The van der Waals surface area contributed by atoms with Crippen LogP contribution in [0.4, 0.5) is 4.79 Å². The van der Waals surface area contributed by atoms with Crippen molar-refractivity contribution in [1.29, 1.82) is 0 Å². The molecule has 6 heteroatoms. The zero-order valence-corrected chi connectivity index (χ0v) is 12.5. The molecule has 1 rings (SSSR count). The predicted molar refractivity (Wildman–Crippen MR) is 77.2 cm³/mol. The number of alkyl carbamates (subject to hydrolysis) is 1. The number of amides is 1. The zero-order chi connectivity index (χ0) is 15.8. The van der Waals surface area contributed by atoms with Gasteiger partial charge in [0.25, 0.3) is 0 Å². The molecular weight excluding hydrogens is 274 g/mol. The average molecular weight is 295 g/mol. The number of rotatable bonds is 7. The lowest BCUT2D eigenvalue weighted by Gasteiger charge is -2.16. The summed E-state index contributed by atoms with van der Waals surface area (Å²) in [5.74, 6) is -0.191. The molecule has 0 aromatic heterocycles. The maximum Gasteiger partial charge on any atom is 0.408 e. The van der Waals surface area contributed by atoms with Gasteiger partial charge in [-0.05, 0) is 30.0 Å². The molecule has 0 aliphatic carbocycles. The summed E-state index contributed by atoms with van der Waals surface area (Å²) < 4.78 is 10.0. The van der Waals surface area contributed by atoms with Crippen molar-refractivity contribution >= 4 is 12.1 Å². The second kappa shape index (κ2) is 8.14. The van der Waals surface area contributed by atoms with Crippen LogP contribution in [0.25, 0.3) is 0 Å². The van der Waals surface area contributed by atoms with Crippen LogP contribution in [-0.4, -0.2) is 30.3 Å². The van der Waals surface area contributed by atoms with Crippen molar-refractivity contribution in [1.82, 2.24) is 5.32 Å². The van der Waals surface area contributed by atoms with Gasteiger partial charge in [-0.3, -0.25) is 0 Å². The number of carboxylic acids is 1. The van der Waals surface area contributed by atoms with Crippen LogP contribution in [0.3, 0.4) is 0 Å². The van der Waals surface area contributed by atoms with Crippen molar-refractivity contribution < 1.29 is 24.2 Å². The quantitative estimate of drug-likeness (QED) is 0.807. The number of carboxylic acid groups (broad SMARTS) is 1. The van der Waals surface area contributed by atoms with E-state index in [1.165, 1.54) is 0 Å². The Morgan fingerprint density at radius 1 is 1.24 bits per heavy atom. The van der Waals surface area contributed by atoms with E-state index in [1.54, 1.807) is 31.4 Å². The molecule has 116 valence electrons. The maximum absolute atomic E-state index is 11.6. The first-order valence-corrected chi connectivity index (χ1v) is 6.71. The fourth-order valence-corrected chi connectivity index (χ4v) is 1.75. The lowest BCUT2D eigenvalue weighted by atomic mass is 10.0. The van der Waals surface area contributed by atoms with Gasteiger partial charge in [-0.1, -0.05) is 26.0 Å². The van der Waals surface area contributed by atoms with Gasteiger partial charge in [0.2, 0.25) is 0 Å². The number of hydrogen-bond donors (Lipinski definition) is 2. The van der Waals surface area contributed by atoms with Gasteiger partial charge in [0.05, 0.1) is 7.11 Å². The Kier molecular flexibility index (Phi) is 6.52. The van der Waals surface area contributed by atoms with E-state index >= 15 is 0 Å². The summed E-state index contributed by atoms with van der Waals surface area (Å²) in [6.45, 7) is 3.85. The highest BCUT2D eigenvalue weighted by Crippen LogP contribution is 2.12. The summed E-state index contributed by atoms with van der Waals surface area (Å²) in [6, 6.07) is 6.13. The third kappa shape index (κ3) is 6.16. The van der Waals surface area contributed by atoms with E-state index in [0.29, 0.717) is 12.2 Å². The Hall–Kier alpha value is -2.24. The molecule has 0 bridgehead atoms. The first kappa shape index (κ1) is 16.8. The van der Waals surface area contributed by atoms with E-state index in [9.17, 15) is 9.59 Å². The monoisotopic (exact) mass is 295 g/mol. The van der Waals surface area contributed by atoms with Crippen molar-refractivity contribution in [2.75, 3.05) is 7.11 Å². The highest BCUT2D eigenvalue weighted by atomic mass is 16.5. The van der Waals surface area contributed by atoms with Crippen molar-refractivity contribution in [3.8, 4) is 5.75 Å². The minimum absolute atomic E-state index is 0.0733. The van der Waals surface area contributed by atoms with Gasteiger partial charge in [0.1, 0.15) is 18.4 Å². The number of hydrogen-bond acceptors (Lipinski definition) is 4. The summed E-state index contributed by atoms with van der Waals surface area (Å²) in [5, 5.41) is 11.4. The molecule has 0 aliphatic heterocycles. The lowest BCUT2D eigenvalue weighted by molar-refractivity contribution is -0.139. The second-order valence-corrected chi connectivity index (χ2v) is 5.09. The maximum atomic E-state index is 11.6. The number of nitrogens with one attached hydrogen (secondary N) is 1. The first-order valence-electron chi connectivity index (χ1n) is 6.71. The highest BCUT2D eigenvalue weighted by Gasteiger charge is 2.21. The topological polar surface area (TPSA) is 84.9 Å². The minimum Gasteiger partial charge on any atom is -0.497 e. The molecule has 0 aliphatic rings. The third-order valence-electron chi connectivity index (χ3n) is 2.83. The molecule has 0 radical (unpaired) electrons. The molecule has 0 fully saturated rings. The molecule has 0 spiro atoms. The molecule has 0 saturated carbocycles. The lowest BCUT2D eigenvalue weighted by Crippen LogP contribution is -2.41. The van der Waals surface area contributed by atoms with E-state index in [-0.39, 0.29) is 12.5 Å². The number of ether oxygens (including phenoxy) is 2. The van der Waals surface area contributed by atoms with Crippen LogP contribution in [-0.2, 0) is 16.1 Å². The van der Waals surface area contributed by atoms with Crippen molar-refractivity contribution in [3.63, 3.8) is 0 Å². The Labute approximate surface area is 124 Å². The van der Waals surface area contributed by atoms with Crippen LogP contribution in [0.1, 0.15) is 25.8 Å². The van der Waals surface area contributed by atoms with E-state index in [2.05, 4.69) is 5.32 Å². The van der Waals surface area contributed by atoms with Gasteiger partial charge in [0.15, 0.2) is 0 Å². The smallest absolute Gasteiger partial charge is 0.408 e. The van der Waals surface area contributed by atoms with E-state index in [1.807, 2.05) is 13.8 Å². The molecular formula is C15H21NO5. The molecule has 0 heterocycles. The van der Waals surface area contributed by atoms with Gasteiger partial charge >= 0.3 is 12.1 Å².